The van der Waals surface area contributed by atoms with Gasteiger partial charge in [0.1, 0.15) is 17.7 Å². The molecular weight excluding hydrogens is 300 g/mol. The second-order valence-corrected chi connectivity index (χ2v) is 5.43. The van der Waals surface area contributed by atoms with Gasteiger partial charge in [0.2, 0.25) is 10.0 Å². The largest absolute Gasteiger partial charge is 0.481 e. The molecule has 0 spiro atoms. The van der Waals surface area contributed by atoms with Crippen molar-refractivity contribution in [1.82, 2.24) is 4.72 Å². The smallest absolute Gasteiger partial charge is 0.322 e. The number of nitrogens with one attached hydrogen (secondary N) is 1. The molecule has 0 saturated carbocycles. The second kappa shape index (κ2) is 5.92. The molecule has 0 amide bonds. The Labute approximate surface area is 111 Å². The number of hydrogen-bond donors (Lipinski definition) is 3. The van der Waals surface area contributed by atoms with Crippen LogP contribution in [0.1, 0.15) is 6.42 Å². The fourth-order valence-corrected chi connectivity index (χ4v) is 2.52. The molecule has 110 valence electrons. The summed E-state index contributed by atoms with van der Waals surface area (Å²) in [5, 5.41) is 17.2. The number of halogens is 2. The molecule has 7 nitrogen and oxygen atoms in total. The van der Waals surface area contributed by atoms with Crippen LogP contribution in [0.2, 0.25) is 0 Å². The van der Waals surface area contributed by atoms with Crippen molar-refractivity contribution in [2.75, 3.05) is 0 Å². The van der Waals surface area contributed by atoms with E-state index in [0.29, 0.717) is 18.2 Å². The minimum absolute atomic E-state index is 0.435. The Morgan fingerprint density at radius 3 is 2.05 bits per heavy atom. The average molecular weight is 309 g/mol. The summed E-state index contributed by atoms with van der Waals surface area (Å²) in [4.78, 5) is 20.3. The molecule has 0 aliphatic rings. The van der Waals surface area contributed by atoms with Crippen LogP contribution in [0, 0.1) is 11.6 Å². The molecule has 20 heavy (non-hydrogen) atoms. The summed E-state index contributed by atoms with van der Waals surface area (Å²) in [6.45, 7) is 0. The van der Waals surface area contributed by atoms with Gasteiger partial charge in [-0.2, -0.15) is 4.72 Å². The van der Waals surface area contributed by atoms with Crippen LogP contribution in [-0.4, -0.2) is 36.6 Å². The summed E-state index contributed by atoms with van der Waals surface area (Å²) in [5.41, 5.74) is 0. The molecule has 1 aromatic carbocycles. The monoisotopic (exact) mass is 309 g/mol. The van der Waals surface area contributed by atoms with E-state index in [-0.39, 0.29) is 0 Å². The lowest BCUT2D eigenvalue weighted by Crippen LogP contribution is -2.42. The minimum atomic E-state index is -4.57. The van der Waals surface area contributed by atoms with Crippen LogP contribution >= 0.6 is 0 Å². The Balaban J connectivity index is 3.09. The molecule has 1 aromatic rings. The molecule has 1 atom stereocenters. The molecule has 3 N–H and O–H groups in total. The van der Waals surface area contributed by atoms with Crippen molar-refractivity contribution in [2.45, 2.75) is 17.4 Å². The number of rotatable bonds is 6. The van der Waals surface area contributed by atoms with Gasteiger partial charge < -0.3 is 10.2 Å². The number of carboxylic acids is 2. The van der Waals surface area contributed by atoms with Crippen molar-refractivity contribution >= 4 is 22.0 Å². The van der Waals surface area contributed by atoms with Crippen molar-refractivity contribution in [3.63, 3.8) is 0 Å². The molecule has 0 aliphatic carbocycles. The van der Waals surface area contributed by atoms with Crippen molar-refractivity contribution in [3.05, 3.63) is 29.8 Å². The van der Waals surface area contributed by atoms with Crippen LogP contribution in [0.25, 0.3) is 0 Å². The molecule has 0 bridgehead atoms. The summed E-state index contributed by atoms with van der Waals surface area (Å²) in [6, 6.07) is -0.565. The van der Waals surface area contributed by atoms with Crippen LogP contribution in [-0.2, 0) is 19.6 Å². The molecule has 0 saturated heterocycles. The average Bonchev–Trinajstić information content (AvgIpc) is 2.25. The lowest BCUT2D eigenvalue weighted by molar-refractivity contribution is -0.145. The van der Waals surface area contributed by atoms with E-state index >= 15 is 0 Å². The number of aliphatic carboxylic acids is 2. The van der Waals surface area contributed by atoms with E-state index in [0.717, 1.165) is 0 Å². The predicted molar refractivity (Wildman–Crippen MR) is 60.4 cm³/mol. The molecule has 1 rings (SSSR count). The maximum atomic E-state index is 12.9. The van der Waals surface area contributed by atoms with Crippen LogP contribution in [0.5, 0.6) is 0 Å². The maximum Gasteiger partial charge on any atom is 0.322 e. The number of hydrogen-bond acceptors (Lipinski definition) is 4. The van der Waals surface area contributed by atoms with Crippen LogP contribution < -0.4 is 4.72 Å². The number of carboxylic acid groups (broad SMARTS) is 2. The fourth-order valence-electron chi connectivity index (χ4n) is 1.29. The fraction of sp³-hybridized carbons (Fsp3) is 0.200. The SMILES string of the molecule is O=C(O)CC(NS(=O)(=O)c1cc(F)cc(F)c1)C(=O)O. The first-order valence-electron chi connectivity index (χ1n) is 5.05. The molecule has 0 radical (unpaired) electrons. The summed E-state index contributed by atoms with van der Waals surface area (Å²) in [6.07, 6.45) is -1.02. The Morgan fingerprint density at radius 1 is 1.15 bits per heavy atom. The van der Waals surface area contributed by atoms with Crippen molar-refractivity contribution < 1.29 is 37.0 Å². The Hall–Kier alpha value is -2.07. The summed E-state index contributed by atoms with van der Waals surface area (Å²) >= 11 is 0. The summed E-state index contributed by atoms with van der Waals surface area (Å²) in [7, 11) is -4.57. The van der Waals surface area contributed by atoms with E-state index in [4.69, 9.17) is 10.2 Å². The molecule has 0 aliphatic heterocycles. The number of carbonyl (C=O) groups is 2. The van der Waals surface area contributed by atoms with Gasteiger partial charge in [-0.25, -0.2) is 17.2 Å². The van der Waals surface area contributed by atoms with Crippen LogP contribution in [0.4, 0.5) is 8.78 Å². The highest BCUT2D eigenvalue weighted by Crippen LogP contribution is 2.14. The third-order valence-electron chi connectivity index (χ3n) is 2.12. The summed E-state index contributed by atoms with van der Waals surface area (Å²) < 4.78 is 50.9. The Morgan fingerprint density at radius 2 is 1.65 bits per heavy atom. The van der Waals surface area contributed by atoms with E-state index < -0.39 is 51.0 Å². The van der Waals surface area contributed by atoms with Crippen LogP contribution in [0.15, 0.2) is 23.1 Å². The first-order valence-corrected chi connectivity index (χ1v) is 6.53. The molecular formula is C10H9F2NO6S. The van der Waals surface area contributed by atoms with Crippen molar-refractivity contribution in [2.24, 2.45) is 0 Å². The topological polar surface area (TPSA) is 121 Å². The van der Waals surface area contributed by atoms with E-state index in [9.17, 15) is 26.8 Å². The standard InChI is InChI=1S/C10H9F2NO6S/c11-5-1-6(12)3-7(2-5)20(18,19)13-8(10(16)17)4-9(14)15/h1-3,8,13H,4H2,(H,14,15)(H,16,17). The Bertz CT molecular complexity index is 625. The van der Waals surface area contributed by atoms with E-state index in [1.165, 1.54) is 0 Å². The zero-order valence-corrected chi connectivity index (χ0v) is 10.5. The Kier molecular flexibility index (Phi) is 4.73. The number of benzene rings is 1. The van der Waals surface area contributed by atoms with Gasteiger partial charge in [-0.05, 0) is 12.1 Å². The predicted octanol–water partition coefficient (Wildman–Crippen LogP) is 0.171. The third-order valence-corrected chi connectivity index (χ3v) is 3.57. The van der Waals surface area contributed by atoms with Gasteiger partial charge in [0, 0.05) is 6.07 Å². The molecule has 0 fully saturated rings. The van der Waals surface area contributed by atoms with Gasteiger partial charge in [0.25, 0.3) is 0 Å². The van der Waals surface area contributed by atoms with Gasteiger partial charge >= 0.3 is 11.9 Å². The van der Waals surface area contributed by atoms with Gasteiger partial charge in [-0.15, -0.1) is 0 Å². The highest BCUT2D eigenvalue weighted by atomic mass is 32.2. The van der Waals surface area contributed by atoms with Gasteiger partial charge in [0.05, 0.1) is 11.3 Å². The lowest BCUT2D eigenvalue weighted by atomic mass is 10.2. The highest BCUT2D eigenvalue weighted by Gasteiger charge is 2.28. The summed E-state index contributed by atoms with van der Waals surface area (Å²) in [5.74, 6) is -5.62. The third kappa shape index (κ3) is 4.24. The van der Waals surface area contributed by atoms with Gasteiger partial charge in [-0.1, -0.05) is 0 Å². The molecule has 10 heteroatoms. The van der Waals surface area contributed by atoms with Crippen molar-refractivity contribution in [3.8, 4) is 0 Å². The quantitative estimate of drug-likeness (QED) is 0.689. The highest BCUT2D eigenvalue weighted by molar-refractivity contribution is 7.89. The zero-order chi connectivity index (χ0) is 15.5. The first-order chi connectivity index (χ1) is 9.11. The minimum Gasteiger partial charge on any atom is -0.481 e. The van der Waals surface area contributed by atoms with E-state index in [1.54, 1.807) is 4.72 Å². The normalized spacial score (nSPS) is 12.9. The molecule has 0 heterocycles. The molecule has 0 aromatic heterocycles. The van der Waals surface area contributed by atoms with Crippen LogP contribution in [0.3, 0.4) is 0 Å². The second-order valence-electron chi connectivity index (χ2n) is 3.72. The van der Waals surface area contributed by atoms with E-state index in [2.05, 4.69) is 0 Å². The zero-order valence-electron chi connectivity index (χ0n) is 9.71. The first kappa shape index (κ1) is 16.0. The number of sulfonamides is 1. The lowest BCUT2D eigenvalue weighted by Gasteiger charge is -2.13. The maximum absolute atomic E-state index is 12.9. The van der Waals surface area contributed by atoms with Gasteiger partial charge in [0.15, 0.2) is 0 Å². The van der Waals surface area contributed by atoms with Gasteiger partial charge in [-0.3, -0.25) is 9.59 Å². The molecule has 1 unspecified atom stereocenters. The van der Waals surface area contributed by atoms with Crippen molar-refractivity contribution in [1.29, 1.82) is 0 Å². The van der Waals surface area contributed by atoms with E-state index in [1.807, 2.05) is 0 Å².